The summed E-state index contributed by atoms with van der Waals surface area (Å²) in [5.41, 5.74) is 0. The molecule has 0 spiro atoms. The van der Waals surface area contributed by atoms with Crippen LogP contribution >= 0.6 is 0 Å². The molecule has 5 nitrogen and oxygen atoms in total. The Balaban J connectivity index is 2.40. The lowest BCUT2D eigenvalue weighted by atomic mass is 9.97. The lowest BCUT2D eigenvalue weighted by Crippen LogP contribution is -2.41. The zero-order valence-electron chi connectivity index (χ0n) is 7.77. The van der Waals surface area contributed by atoms with Gasteiger partial charge in [-0.1, -0.05) is 0 Å². The first-order valence-corrected chi connectivity index (χ1v) is 4.49. The summed E-state index contributed by atoms with van der Waals surface area (Å²) in [6.45, 7) is 7.34. The molecule has 0 aromatic heterocycles. The van der Waals surface area contributed by atoms with Crippen molar-refractivity contribution in [1.82, 2.24) is 4.90 Å². The molecule has 0 saturated carbocycles. The molecular formula is C9H12N2O3. The second-order valence-corrected chi connectivity index (χ2v) is 3.31. The molecule has 1 heterocycles. The molecule has 76 valence electrons. The van der Waals surface area contributed by atoms with Crippen molar-refractivity contribution in [3.8, 4) is 0 Å². The molecule has 0 radical (unpaired) electrons. The number of piperidine rings is 1. The van der Waals surface area contributed by atoms with E-state index in [0.717, 1.165) is 0 Å². The van der Waals surface area contributed by atoms with Gasteiger partial charge in [-0.2, -0.15) is 0 Å². The summed E-state index contributed by atoms with van der Waals surface area (Å²) in [6, 6.07) is 0. The van der Waals surface area contributed by atoms with Crippen LogP contribution in [0.25, 0.3) is 4.85 Å². The van der Waals surface area contributed by atoms with Crippen molar-refractivity contribution in [1.29, 1.82) is 0 Å². The quantitative estimate of drug-likeness (QED) is 0.643. The molecule has 1 N–H and O–H groups in total. The average Bonchev–Trinajstić information content (AvgIpc) is 2.18. The van der Waals surface area contributed by atoms with Gasteiger partial charge in [-0.15, -0.1) is 0 Å². The molecule has 0 aromatic carbocycles. The monoisotopic (exact) mass is 196 g/mol. The second kappa shape index (κ2) is 4.61. The van der Waals surface area contributed by atoms with Gasteiger partial charge < -0.3 is 14.9 Å². The normalized spacial score (nSPS) is 17.5. The van der Waals surface area contributed by atoms with Gasteiger partial charge in [0.2, 0.25) is 0 Å². The number of likely N-dealkylation sites (tertiary alicyclic amines) is 1. The molecule has 1 rings (SSSR count). The minimum absolute atomic E-state index is 0.127. The molecule has 1 amide bonds. The van der Waals surface area contributed by atoms with E-state index >= 15 is 0 Å². The van der Waals surface area contributed by atoms with E-state index in [1.165, 1.54) is 0 Å². The molecule has 0 bridgehead atoms. The lowest BCUT2D eigenvalue weighted by Gasteiger charge is -2.28. The highest BCUT2D eigenvalue weighted by Gasteiger charge is 2.27. The molecule has 0 atom stereocenters. The Morgan fingerprint density at radius 3 is 2.43 bits per heavy atom. The first-order chi connectivity index (χ1) is 6.65. The Bertz CT molecular complexity index is 274. The van der Waals surface area contributed by atoms with Crippen molar-refractivity contribution in [3.05, 3.63) is 11.4 Å². The van der Waals surface area contributed by atoms with Crippen LogP contribution in [0.2, 0.25) is 0 Å². The number of aliphatic carboxylic acids is 1. The van der Waals surface area contributed by atoms with Gasteiger partial charge in [0, 0.05) is 13.1 Å². The third kappa shape index (κ3) is 2.46. The smallest absolute Gasteiger partial charge is 0.306 e. The highest BCUT2D eigenvalue weighted by Crippen LogP contribution is 2.17. The van der Waals surface area contributed by atoms with Crippen molar-refractivity contribution in [2.24, 2.45) is 5.92 Å². The topological polar surface area (TPSA) is 62.0 Å². The highest BCUT2D eigenvalue weighted by atomic mass is 16.4. The van der Waals surface area contributed by atoms with E-state index in [9.17, 15) is 9.59 Å². The summed E-state index contributed by atoms with van der Waals surface area (Å²) in [4.78, 5) is 26.4. The predicted molar refractivity (Wildman–Crippen MR) is 48.4 cm³/mol. The minimum Gasteiger partial charge on any atom is -0.481 e. The first kappa shape index (κ1) is 10.5. The van der Waals surface area contributed by atoms with E-state index < -0.39 is 5.97 Å². The molecule has 1 aliphatic rings. The van der Waals surface area contributed by atoms with Gasteiger partial charge in [0.15, 0.2) is 0 Å². The fourth-order valence-electron chi connectivity index (χ4n) is 1.54. The van der Waals surface area contributed by atoms with Gasteiger partial charge in [0.05, 0.1) is 5.92 Å². The molecule has 0 aliphatic carbocycles. The SMILES string of the molecule is [C-]#[N+]CC(=O)N1CCC(C(=O)O)CC1. The molecule has 5 heteroatoms. The van der Waals surface area contributed by atoms with Gasteiger partial charge in [0.25, 0.3) is 6.54 Å². The lowest BCUT2D eigenvalue weighted by molar-refractivity contribution is -0.145. The fraction of sp³-hybridized carbons (Fsp3) is 0.667. The van der Waals surface area contributed by atoms with Crippen LogP contribution in [0.15, 0.2) is 0 Å². The third-order valence-corrected chi connectivity index (χ3v) is 2.41. The number of carboxylic acids is 1. The van der Waals surface area contributed by atoms with E-state index in [1.807, 2.05) is 0 Å². The summed E-state index contributed by atoms with van der Waals surface area (Å²) in [7, 11) is 0. The maximum atomic E-state index is 11.2. The van der Waals surface area contributed by atoms with Gasteiger partial charge in [-0.05, 0) is 12.8 Å². The van der Waals surface area contributed by atoms with Gasteiger partial charge in [-0.25, -0.2) is 6.57 Å². The molecule has 1 saturated heterocycles. The summed E-state index contributed by atoms with van der Waals surface area (Å²) in [5.74, 6) is -1.31. The van der Waals surface area contributed by atoms with Crippen molar-refractivity contribution in [2.75, 3.05) is 19.6 Å². The van der Waals surface area contributed by atoms with E-state index in [2.05, 4.69) is 4.85 Å². The van der Waals surface area contributed by atoms with Crippen LogP contribution in [0.3, 0.4) is 0 Å². The predicted octanol–water partition coefficient (Wildman–Crippen LogP) is 0.229. The van der Waals surface area contributed by atoms with Gasteiger partial charge >= 0.3 is 11.9 Å². The van der Waals surface area contributed by atoms with E-state index in [1.54, 1.807) is 4.90 Å². The third-order valence-electron chi connectivity index (χ3n) is 2.41. The average molecular weight is 196 g/mol. The highest BCUT2D eigenvalue weighted by molar-refractivity contribution is 5.80. The van der Waals surface area contributed by atoms with Crippen LogP contribution < -0.4 is 0 Å². The van der Waals surface area contributed by atoms with E-state index in [0.29, 0.717) is 25.9 Å². The van der Waals surface area contributed by atoms with E-state index in [-0.39, 0.29) is 18.4 Å². The molecule has 1 aliphatic heterocycles. The van der Waals surface area contributed by atoms with Crippen LogP contribution in [0.5, 0.6) is 0 Å². The Labute approximate surface area is 82.1 Å². The summed E-state index contributed by atoms with van der Waals surface area (Å²) in [6.07, 6.45) is 0.998. The van der Waals surface area contributed by atoms with Crippen molar-refractivity contribution in [3.63, 3.8) is 0 Å². The standard InChI is InChI=1S/C9H12N2O3/c1-10-6-8(12)11-4-2-7(3-5-11)9(13)14/h7H,2-6H2,(H,13,14). The Morgan fingerprint density at radius 2 is 2.00 bits per heavy atom. The first-order valence-electron chi connectivity index (χ1n) is 4.49. The zero-order valence-corrected chi connectivity index (χ0v) is 7.77. The molecule has 0 aromatic rings. The number of nitrogens with zero attached hydrogens (tertiary/aromatic N) is 2. The summed E-state index contributed by atoms with van der Waals surface area (Å²) >= 11 is 0. The van der Waals surface area contributed by atoms with Crippen LogP contribution in [-0.4, -0.2) is 41.5 Å². The number of carbonyl (C=O) groups excluding carboxylic acids is 1. The van der Waals surface area contributed by atoms with Gasteiger partial charge in [0.1, 0.15) is 0 Å². The van der Waals surface area contributed by atoms with Crippen LogP contribution in [0.4, 0.5) is 0 Å². The van der Waals surface area contributed by atoms with E-state index in [4.69, 9.17) is 11.7 Å². The zero-order chi connectivity index (χ0) is 10.6. The summed E-state index contributed by atoms with van der Waals surface area (Å²) < 4.78 is 0. The Morgan fingerprint density at radius 1 is 1.43 bits per heavy atom. The number of carbonyl (C=O) groups is 2. The number of hydrogen-bond acceptors (Lipinski definition) is 2. The summed E-state index contributed by atoms with van der Waals surface area (Å²) in [5, 5.41) is 8.71. The Hall–Kier alpha value is -1.57. The molecular weight excluding hydrogens is 184 g/mol. The largest absolute Gasteiger partial charge is 0.481 e. The number of hydrogen-bond donors (Lipinski definition) is 1. The van der Waals surface area contributed by atoms with Crippen molar-refractivity contribution in [2.45, 2.75) is 12.8 Å². The molecule has 14 heavy (non-hydrogen) atoms. The maximum absolute atomic E-state index is 11.2. The number of rotatable bonds is 2. The van der Waals surface area contributed by atoms with Crippen molar-refractivity contribution < 1.29 is 14.7 Å². The number of amides is 1. The maximum Gasteiger partial charge on any atom is 0.306 e. The molecule has 1 fully saturated rings. The van der Waals surface area contributed by atoms with Crippen molar-refractivity contribution >= 4 is 11.9 Å². The van der Waals surface area contributed by atoms with Crippen LogP contribution in [0, 0.1) is 12.5 Å². The second-order valence-electron chi connectivity index (χ2n) is 3.31. The van der Waals surface area contributed by atoms with Gasteiger partial charge in [-0.3, -0.25) is 9.59 Å². The fourth-order valence-corrected chi connectivity index (χ4v) is 1.54. The molecule has 0 unspecified atom stereocenters. The Kier molecular flexibility index (Phi) is 3.46. The van der Waals surface area contributed by atoms with Crippen LogP contribution in [-0.2, 0) is 9.59 Å². The van der Waals surface area contributed by atoms with Crippen LogP contribution in [0.1, 0.15) is 12.8 Å². The minimum atomic E-state index is -0.790. The number of carboxylic acid groups (broad SMARTS) is 1.